The average molecular weight is 345 g/mol. The van der Waals surface area contributed by atoms with Gasteiger partial charge in [0.2, 0.25) is 0 Å². The van der Waals surface area contributed by atoms with Crippen LogP contribution in [0.3, 0.4) is 0 Å². The Balaban J connectivity index is 1.84. The molecule has 0 unspecified atom stereocenters. The zero-order valence-electron chi connectivity index (χ0n) is 13.2. The van der Waals surface area contributed by atoms with Gasteiger partial charge < -0.3 is 4.74 Å². The van der Waals surface area contributed by atoms with E-state index < -0.39 is 11.7 Å². The minimum Gasteiger partial charge on any atom is -0.496 e. The third-order valence-corrected chi connectivity index (χ3v) is 3.61. The van der Waals surface area contributed by atoms with Crippen molar-refractivity contribution < 1.29 is 17.9 Å². The molecule has 0 aliphatic rings. The average Bonchev–Trinajstić information content (AvgIpc) is 2.61. The van der Waals surface area contributed by atoms with Crippen LogP contribution >= 0.6 is 0 Å². The third-order valence-electron chi connectivity index (χ3n) is 3.61. The molecule has 0 amide bonds. The molecule has 0 fully saturated rings. The zero-order valence-corrected chi connectivity index (χ0v) is 13.2. The molecule has 4 nitrogen and oxygen atoms in total. The highest BCUT2D eigenvalue weighted by Gasteiger charge is 2.30. The minimum atomic E-state index is -4.41. The van der Waals surface area contributed by atoms with Crippen LogP contribution in [0.4, 0.5) is 19.0 Å². The van der Waals surface area contributed by atoms with Gasteiger partial charge in [0.15, 0.2) is 0 Å². The summed E-state index contributed by atoms with van der Waals surface area (Å²) >= 11 is 0. The highest BCUT2D eigenvalue weighted by atomic mass is 19.4. The van der Waals surface area contributed by atoms with Gasteiger partial charge >= 0.3 is 6.18 Å². The molecule has 2 aromatic carbocycles. The van der Waals surface area contributed by atoms with Gasteiger partial charge in [-0.1, -0.05) is 30.3 Å². The number of benzene rings is 2. The van der Waals surface area contributed by atoms with Gasteiger partial charge in [0.05, 0.1) is 18.9 Å². The van der Waals surface area contributed by atoms with Crippen molar-refractivity contribution in [3.05, 3.63) is 65.9 Å². The third kappa shape index (κ3) is 3.71. The van der Waals surface area contributed by atoms with Crippen LogP contribution in [0, 0.1) is 0 Å². The first kappa shape index (κ1) is 16.8. The molecule has 3 aromatic rings. The topological polar surface area (TPSA) is 46.5 Å². The quantitative estimate of drug-likeness (QED) is 0.550. The normalized spacial score (nSPS) is 11.8. The number of hydrogen-bond donors (Lipinski definition) is 1. The molecule has 0 bridgehead atoms. The summed E-state index contributed by atoms with van der Waals surface area (Å²) in [7, 11) is 1.56. The van der Waals surface area contributed by atoms with Gasteiger partial charge in [-0.05, 0) is 29.0 Å². The first-order valence-corrected chi connectivity index (χ1v) is 7.37. The Morgan fingerprint density at radius 2 is 1.88 bits per heavy atom. The minimum absolute atomic E-state index is 0.212. The lowest BCUT2D eigenvalue weighted by molar-refractivity contribution is -0.137. The summed E-state index contributed by atoms with van der Waals surface area (Å²) in [5.74, 6) is 0.855. The predicted octanol–water partition coefficient (Wildman–Crippen LogP) is 4.71. The molecular formula is C18H14F3N3O. The Morgan fingerprint density at radius 3 is 2.56 bits per heavy atom. The van der Waals surface area contributed by atoms with Crippen LogP contribution in [0.15, 0.2) is 59.8 Å². The molecular weight excluding hydrogens is 331 g/mol. The number of rotatable bonds is 4. The molecule has 0 aliphatic heterocycles. The number of anilines is 1. The smallest absolute Gasteiger partial charge is 0.417 e. The molecule has 0 saturated carbocycles. The molecule has 0 saturated heterocycles. The molecule has 0 aliphatic carbocycles. The second kappa shape index (κ2) is 6.80. The van der Waals surface area contributed by atoms with Crippen molar-refractivity contribution in [1.82, 2.24) is 4.98 Å². The summed E-state index contributed by atoms with van der Waals surface area (Å²) in [4.78, 5) is 3.71. The number of halogens is 3. The summed E-state index contributed by atoms with van der Waals surface area (Å²) in [5, 5.41) is 6.04. The molecule has 1 aromatic heterocycles. The lowest BCUT2D eigenvalue weighted by Crippen LogP contribution is -2.05. The number of hydrazone groups is 1. The SMILES string of the molecule is COc1ccc2ccccc2c1/C=N/Nc1ccc(C(F)(F)F)cn1. The van der Waals surface area contributed by atoms with Crippen molar-refractivity contribution in [3.63, 3.8) is 0 Å². The van der Waals surface area contributed by atoms with E-state index >= 15 is 0 Å². The number of hydrogen-bond acceptors (Lipinski definition) is 4. The molecule has 0 atom stereocenters. The van der Waals surface area contributed by atoms with Gasteiger partial charge in [0.1, 0.15) is 11.6 Å². The van der Waals surface area contributed by atoms with E-state index in [9.17, 15) is 13.2 Å². The van der Waals surface area contributed by atoms with Gasteiger partial charge in [-0.2, -0.15) is 18.3 Å². The van der Waals surface area contributed by atoms with E-state index in [1.54, 1.807) is 13.3 Å². The lowest BCUT2D eigenvalue weighted by Gasteiger charge is -2.09. The number of nitrogens with one attached hydrogen (secondary N) is 1. The lowest BCUT2D eigenvalue weighted by atomic mass is 10.0. The van der Waals surface area contributed by atoms with Crippen molar-refractivity contribution >= 4 is 22.8 Å². The highest BCUT2D eigenvalue weighted by Crippen LogP contribution is 2.29. The zero-order chi connectivity index (χ0) is 17.9. The molecule has 1 N–H and O–H groups in total. The summed E-state index contributed by atoms with van der Waals surface area (Å²) in [6.07, 6.45) is -2.10. The molecule has 7 heteroatoms. The largest absolute Gasteiger partial charge is 0.496 e. The van der Waals surface area contributed by atoms with Crippen molar-refractivity contribution in [1.29, 1.82) is 0 Å². The Bertz CT molecular complexity index is 906. The van der Waals surface area contributed by atoms with Crippen LogP contribution in [-0.4, -0.2) is 18.3 Å². The number of fused-ring (bicyclic) bond motifs is 1. The van der Waals surface area contributed by atoms with Crippen LogP contribution in [0.2, 0.25) is 0 Å². The number of aromatic nitrogens is 1. The van der Waals surface area contributed by atoms with Crippen LogP contribution in [0.25, 0.3) is 10.8 Å². The van der Waals surface area contributed by atoms with Gasteiger partial charge in [0.25, 0.3) is 0 Å². The Labute approximate surface area is 142 Å². The van der Waals surface area contributed by atoms with Gasteiger partial charge in [0, 0.05) is 11.8 Å². The van der Waals surface area contributed by atoms with Crippen LogP contribution in [-0.2, 0) is 6.18 Å². The van der Waals surface area contributed by atoms with E-state index in [0.29, 0.717) is 5.75 Å². The highest BCUT2D eigenvalue weighted by molar-refractivity contribution is 6.02. The van der Waals surface area contributed by atoms with E-state index in [0.717, 1.165) is 28.6 Å². The fraction of sp³-hybridized carbons (Fsp3) is 0.111. The second-order valence-electron chi connectivity index (χ2n) is 5.20. The summed E-state index contributed by atoms with van der Waals surface area (Å²) in [6, 6.07) is 13.7. The monoisotopic (exact) mass is 345 g/mol. The Hall–Kier alpha value is -3.09. The first-order valence-electron chi connectivity index (χ1n) is 7.37. The van der Waals surface area contributed by atoms with E-state index in [1.807, 2.05) is 36.4 Å². The molecule has 25 heavy (non-hydrogen) atoms. The maximum absolute atomic E-state index is 12.5. The van der Waals surface area contributed by atoms with Crippen molar-refractivity contribution in [2.24, 2.45) is 5.10 Å². The fourth-order valence-corrected chi connectivity index (χ4v) is 2.38. The number of nitrogens with zero attached hydrogens (tertiary/aromatic N) is 2. The van der Waals surface area contributed by atoms with Crippen molar-refractivity contribution in [2.45, 2.75) is 6.18 Å². The summed E-state index contributed by atoms with van der Waals surface area (Å²) in [6.45, 7) is 0. The number of methoxy groups -OCH3 is 1. The summed E-state index contributed by atoms with van der Waals surface area (Å²) in [5.41, 5.74) is 2.58. The van der Waals surface area contributed by atoms with Crippen molar-refractivity contribution in [2.75, 3.05) is 12.5 Å². The Kier molecular flexibility index (Phi) is 4.56. The molecule has 1 heterocycles. The molecule has 128 valence electrons. The standard InChI is InChI=1S/C18H14F3N3O/c1-25-16-8-6-12-4-2-3-5-14(12)15(16)11-23-24-17-9-7-13(10-22-17)18(19,20)21/h2-11H,1H3,(H,22,24)/b23-11+. The van der Waals surface area contributed by atoms with Gasteiger partial charge in [-0.25, -0.2) is 4.98 Å². The van der Waals surface area contributed by atoms with E-state index in [1.165, 1.54) is 6.07 Å². The molecule has 0 radical (unpaired) electrons. The van der Waals surface area contributed by atoms with Crippen LogP contribution in [0.5, 0.6) is 5.75 Å². The van der Waals surface area contributed by atoms with Gasteiger partial charge in [-0.15, -0.1) is 0 Å². The predicted molar refractivity (Wildman–Crippen MR) is 91.0 cm³/mol. The van der Waals surface area contributed by atoms with Crippen molar-refractivity contribution in [3.8, 4) is 5.75 Å². The maximum Gasteiger partial charge on any atom is 0.417 e. The second-order valence-corrected chi connectivity index (χ2v) is 5.20. The van der Waals surface area contributed by atoms with Crippen LogP contribution < -0.4 is 10.2 Å². The molecule has 0 spiro atoms. The van der Waals surface area contributed by atoms with Gasteiger partial charge in [-0.3, -0.25) is 5.43 Å². The number of ether oxygens (including phenoxy) is 1. The first-order chi connectivity index (χ1) is 12.0. The fourth-order valence-electron chi connectivity index (χ4n) is 2.38. The van der Waals surface area contributed by atoms with Crippen LogP contribution in [0.1, 0.15) is 11.1 Å². The van der Waals surface area contributed by atoms with E-state index in [2.05, 4.69) is 15.5 Å². The molecule has 3 rings (SSSR count). The number of alkyl halides is 3. The van der Waals surface area contributed by atoms with E-state index in [4.69, 9.17) is 4.74 Å². The maximum atomic E-state index is 12.5. The summed E-state index contributed by atoms with van der Waals surface area (Å²) < 4.78 is 42.9. The Morgan fingerprint density at radius 1 is 1.08 bits per heavy atom. The van der Waals surface area contributed by atoms with E-state index in [-0.39, 0.29) is 5.82 Å². The number of pyridine rings is 1.